The molecule has 4 saturated carbocycles. The molecule has 0 spiro atoms. The number of likely N-dealkylation sites (tertiary alicyclic amines) is 1. The monoisotopic (exact) mass is 563 g/mol. The van der Waals surface area contributed by atoms with E-state index in [1.165, 1.54) is 58.0 Å². The molecule has 4 bridgehead atoms. The highest BCUT2D eigenvalue weighted by molar-refractivity contribution is 6.31. The summed E-state index contributed by atoms with van der Waals surface area (Å²) in [5.74, 6) is 3.48. The second-order valence-electron chi connectivity index (χ2n) is 12.6. The lowest BCUT2D eigenvalue weighted by atomic mass is 9.48. The molecule has 9 heteroatoms. The predicted molar refractivity (Wildman–Crippen MR) is 158 cm³/mol. The van der Waals surface area contributed by atoms with E-state index >= 15 is 0 Å². The van der Waals surface area contributed by atoms with Gasteiger partial charge in [0.2, 0.25) is 5.95 Å². The number of piperidine rings is 1. The van der Waals surface area contributed by atoms with E-state index in [2.05, 4.69) is 31.9 Å². The Hall–Kier alpha value is -2.44. The number of methoxy groups -OCH3 is 1. The van der Waals surface area contributed by atoms with Crippen molar-refractivity contribution in [1.29, 1.82) is 5.26 Å². The molecule has 5 aliphatic rings. The fourth-order valence-electron chi connectivity index (χ4n) is 8.27. The zero-order chi connectivity index (χ0) is 27.5. The van der Waals surface area contributed by atoms with Crippen LogP contribution in [0.15, 0.2) is 30.5 Å². The van der Waals surface area contributed by atoms with Gasteiger partial charge in [-0.3, -0.25) is 0 Å². The van der Waals surface area contributed by atoms with Crippen LogP contribution >= 0.6 is 11.6 Å². The van der Waals surface area contributed by atoms with E-state index in [0.717, 1.165) is 43.0 Å². The quantitative estimate of drug-likeness (QED) is 0.354. The summed E-state index contributed by atoms with van der Waals surface area (Å²) >= 11 is 6.31. The number of ether oxygens (including phenoxy) is 1. The van der Waals surface area contributed by atoms with Crippen molar-refractivity contribution in [2.75, 3.05) is 50.5 Å². The van der Waals surface area contributed by atoms with E-state index in [9.17, 15) is 5.26 Å². The summed E-state index contributed by atoms with van der Waals surface area (Å²) < 4.78 is 5.27. The fourth-order valence-corrected chi connectivity index (χ4v) is 8.47. The second-order valence-corrected chi connectivity index (χ2v) is 13.0. The van der Waals surface area contributed by atoms with Crippen LogP contribution in [0, 0.1) is 34.5 Å². The third-order valence-corrected chi connectivity index (χ3v) is 10.3. The number of rotatable bonds is 11. The number of anilines is 2. The normalized spacial score (nSPS) is 29.8. The van der Waals surface area contributed by atoms with Crippen LogP contribution in [0.2, 0.25) is 5.02 Å². The van der Waals surface area contributed by atoms with Crippen LogP contribution in [0.1, 0.15) is 56.1 Å². The molecule has 1 unspecified atom stereocenters. The third kappa shape index (κ3) is 6.08. The lowest BCUT2D eigenvalue weighted by molar-refractivity contribution is -0.0735. The first-order valence-electron chi connectivity index (χ1n) is 15.0. The van der Waals surface area contributed by atoms with Crippen molar-refractivity contribution in [3.05, 3.63) is 46.6 Å². The molecule has 2 aromatic rings. The number of hydrogen-bond acceptors (Lipinski definition) is 8. The van der Waals surface area contributed by atoms with Gasteiger partial charge in [0.25, 0.3) is 0 Å². The largest absolute Gasteiger partial charge is 0.383 e. The number of halogens is 1. The first kappa shape index (κ1) is 27.7. The highest BCUT2D eigenvalue weighted by Crippen LogP contribution is 2.60. The number of nitrogens with one attached hydrogen (secondary N) is 3. The Morgan fingerprint density at radius 1 is 1.12 bits per heavy atom. The minimum Gasteiger partial charge on any atom is -0.383 e. The lowest BCUT2D eigenvalue weighted by Crippen LogP contribution is -2.61. The van der Waals surface area contributed by atoms with Gasteiger partial charge in [-0.05, 0) is 92.8 Å². The fraction of sp³-hybridized carbons (Fsp3) is 0.645. The summed E-state index contributed by atoms with van der Waals surface area (Å²) in [7, 11) is 1.79. The molecular formula is C31H42ClN7O. The zero-order valence-electron chi connectivity index (χ0n) is 23.5. The molecule has 2 heterocycles. The maximum atomic E-state index is 9.74. The molecule has 8 nitrogen and oxygen atoms in total. The molecule has 214 valence electrons. The van der Waals surface area contributed by atoms with Gasteiger partial charge in [-0.15, -0.1) is 0 Å². The minimum absolute atomic E-state index is 0.293. The topological polar surface area (TPSA) is 98.1 Å². The average molecular weight is 564 g/mol. The van der Waals surface area contributed by atoms with Gasteiger partial charge < -0.3 is 25.6 Å². The summed E-state index contributed by atoms with van der Waals surface area (Å²) in [6, 6.07) is 11.3. The summed E-state index contributed by atoms with van der Waals surface area (Å²) in [5, 5.41) is 21.5. The van der Waals surface area contributed by atoms with Gasteiger partial charge in [-0.1, -0.05) is 29.8 Å². The molecule has 1 saturated heterocycles. The number of nitriles is 1. The van der Waals surface area contributed by atoms with Gasteiger partial charge in [0.1, 0.15) is 17.5 Å². The molecule has 0 amide bonds. The van der Waals surface area contributed by atoms with Crippen molar-refractivity contribution in [1.82, 2.24) is 20.2 Å². The standard InChI is InChI=1S/C31H42ClN7O/c1-40-11-10-39-8-6-26(7-9-39)37-28-23-12-21-13-24(28)16-31(14-21,15-23)20-36-29-25(17-33)19-35-30(38-29)34-18-22-4-2-3-5-27(22)32/h2-5,19,21,23-24,26,28,37H,6-16,18,20H2,1H3,(H2,34,35,36,38)/t21?,23-,24+,28-,31-. The summed E-state index contributed by atoms with van der Waals surface area (Å²) in [4.78, 5) is 11.6. The Morgan fingerprint density at radius 2 is 1.90 bits per heavy atom. The number of aromatic nitrogens is 2. The Balaban J connectivity index is 1.06. The molecule has 5 atom stereocenters. The second kappa shape index (κ2) is 12.2. The molecule has 3 N–H and O–H groups in total. The molecule has 40 heavy (non-hydrogen) atoms. The van der Waals surface area contributed by atoms with Gasteiger partial charge in [-0.25, -0.2) is 4.98 Å². The van der Waals surface area contributed by atoms with E-state index in [1.807, 2.05) is 24.3 Å². The molecule has 1 aliphatic heterocycles. The first-order valence-corrected chi connectivity index (χ1v) is 15.4. The van der Waals surface area contributed by atoms with E-state index in [1.54, 1.807) is 13.3 Å². The Bertz CT molecular complexity index is 1190. The van der Waals surface area contributed by atoms with Crippen molar-refractivity contribution in [2.45, 2.75) is 63.6 Å². The van der Waals surface area contributed by atoms with Crippen LogP contribution < -0.4 is 16.0 Å². The van der Waals surface area contributed by atoms with E-state index in [4.69, 9.17) is 21.3 Å². The highest BCUT2D eigenvalue weighted by Gasteiger charge is 2.55. The van der Waals surface area contributed by atoms with Crippen LogP contribution in [-0.4, -0.2) is 66.8 Å². The maximum absolute atomic E-state index is 9.74. The average Bonchev–Trinajstić information content (AvgIpc) is 2.97. The van der Waals surface area contributed by atoms with Crippen LogP contribution in [0.3, 0.4) is 0 Å². The van der Waals surface area contributed by atoms with Gasteiger partial charge in [0.05, 0.1) is 12.8 Å². The van der Waals surface area contributed by atoms with Crippen molar-refractivity contribution in [3.63, 3.8) is 0 Å². The Labute approximate surface area is 243 Å². The number of hydrogen-bond donors (Lipinski definition) is 3. The summed E-state index contributed by atoms with van der Waals surface area (Å²) in [5.41, 5.74) is 1.77. The zero-order valence-corrected chi connectivity index (χ0v) is 24.3. The van der Waals surface area contributed by atoms with Crippen LogP contribution in [0.25, 0.3) is 0 Å². The van der Waals surface area contributed by atoms with Crippen molar-refractivity contribution in [3.8, 4) is 6.07 Å². The van der Waals surface area contributed by atoms with Gasteiger partial charge in [0, 0.05) is 43.9 Å². The van der Waals surface area contributed by atoms with E-state index in [0.29, 0.717) is 46.4 Å². The van der Waals surface area contributed by atoms with Crippen LogP contribution in [0.4, 0.5) is 11.8 Å². The summed E-state index contributed by atoms with van der Waals surface area (Å²) in [6.07, 6.45) is 10.7. The molecule has 1 aromatic carbocycles. The highest BCUT2D eigenvalue weighted by atomic mass is 35.5. The summed E-state index contributed by atoms with van der Waals surface area (Å²) in [6.45, 7) is 5.63. The molecule has 7 rings (SSSR count). The van der Waals surface area contributed by atoms with Gasteiger partial charge >= 0.3 is 0 Å². The predicted octanol–water partition coefficient (Wildman–Crippen LogP) is 4.92. The van der Waals surface area contributed by atoms with E-state index < -0.39 is 0 Å². The first-order chi connectivity index (χ1) is 19.5. The number of benzene rings is 1. The molecule has 0 radical (unpaired) electrons. The maximum Gasteiger partial charge on any atom is 0.224 e. The smallest absolute Gasteiger partial charge is 0.224 e. The van der Waals surface area contributed by atoms with Gasteiger partial charge in [0.15, 0.2) is 0 Å². The molecular weight excluding hydrogens is 522 g/mol. The van der Waals surface area contributed by atoms with Crippen molar-refractivity contribution in [2.24, 2.45) is 23.2 Å². The van der Waals surface area contributed by atoms with E-state index in [-0.39, 0.29) is 0 Å². The van der Waals surface area contributed by atoms with Crippen LogP contribution in [-0.2, 0) is 11.3 Å². The molecule has 1 aromatic heterocycles. The van der Waals surface area contributed by atoms with Gasteiger partial charge in [-0.2, -0.15) is 10.2 Å². The van der Waals surface area contributed by atoms with Crippen molar-refractivity contribution < 1.29 is 4.74 Å². The van der Waals surface area contributed by atoms with Crippen LogP contribution in [0.5, 0.6) is 0 Å². The lowest BCUT2D eigenvalue weighted by Gasteiger charge is -2.61. The minimum atomic E-state index is 0.293. The SMILES string of the molecule is COCCN1CCC(N[C@@H]2[C@@H]3CC4C[C@H]2C[C@@](CNc2nc(NCc5ccccc5Cl)ncc2C#N)(C4)C3)CC1. The number of nitrogens with zero attached hydrogens (tertiary/aromatic N) is 4. The molecule has 5 fully saturated rings. The molecule has 4 aliphatic carbocycles. The Morgan fingerprint density at radius 3 is 2.62 bits per heavy atom. The Kier molecular flexibility index (Phi) is 8.45. The third-order valence-electron chi connectivity index (χ3n) is 9.96. The van der Waals surface area contributed by atoms with Crippen molar-refractivity contribution >= 4 is 23.4 Å².